The van der Waals surface area contributed by atoms with Crippen LogP contribution in [0.1, 0.15) is 43.9 Å². The fraction of sp³-hybridized carbons (Fsp3) is 0.458. The van der Waals surface area contributed by atoms with Crippen LogP contribution in [0.3, 0.4) is 0 Å². The second-order valence-corrected chi connectivity index (χ2v) is 7.41. The molecule has 1 aliphatic heterocycles. The highest BCUT2D eigenvalue weighted by molar-refractivity contribution is 5.84. The number of ether oxygens (including phenoxy) is 1. The number of phenolic OH excluding ortho intramolecular Hbond substituents is 1. The maximum absolute atomic E-state index is 10.5. The average molecular weight is 396 g/mol. The minimum Gasteiger partial charge on any atom is -0.507 e. The molecule has 1 atom stereocenters. The SMILES string of the molecule is CCN(CC)c1ccc(C=NC[C@@H](c2ccccc2OC)N2CCCC2)c(O)c1. The van der Waals surface area contributed by atoms with E-state index >= 15 is 0 Å². The Morgan fingerprint density at radius 2 is 1.86 bits per heavy atom. The molecule has 0 aromatic heterocycles. The van der Waals surface area contributed by atoms with E-state index in [9.17, 15) is 5.11 Å². The molecule has 1 aliphatic rings. The van der Waals surface area contributed by atoms with Crippen molar-refractivity contribution in [2.45, 2.75) is 32.7 Å². The van der Waals surface area contributed by atoms with E-state index in [4.69, 9.17) is 9.73 Å². The third kappa shape index (κ3) is 5.10. The molecule has 2 aromatic carbocycles. The van der Waals surface area contributed by atoms with Gasteiger partial charge in [-0.2, -0.15) is 0 Å². The quantitative estimate of drug-likeness (QED) is 0.635. The number of aromatic hydroxyl groups is 1. The van der Waals surface area contributed by atoms with Gasteiger partial charge < -0.3 is 14.7 Å². The Morgan fingerprint density at radius 1 is 1.14 bits per heavy atom. The standard InChI is InChI=1S/C24H33N3O2/c1-4-26(5-2)20-13-12-19(23(28)16-20)17-25-18-22(27-14-8-9-15-27)21-10-6-7-11-24(21)29-3/h6-7,10-13,16-17,22,28H,4-5,8-9,14-15,18H2,1-3H3/t22-/m0/s1. The normalized spacial score (nSPS) is 15.7. The van der Waals surface area contributed by atoms with Crippen molar-refractivity contribution >= 4 is 11.9 Å². The third-order valence-corrected chi connectivity index (χ3v) is 5.73. The van der Waals surface area contributed by atoms with Gasteiger partial charge in [0.15, 0.2) is 0 Å². The summed E-state index contributed by atoms with van der Waals surface area (Å²) < 4.78 is 5.60. The number of anilines is 1. The van der Waals surface area contributed by atoms with E-state index in [2.05, 4.69) is 35.8 Å². The van der Waals surface area contributed by atoms with Crippen LogP contribution in [0, 0.1) is 0 Å². The summed E-state index contributed by atoms with van der Waals surface area (Å²) in [6, 6.07) is 14.2. The molecule has 0 amide bonds. The number of methoxy groups -OCH3 is 1. The summed E-state index contributed by atoms with van der Waals surface area (Å²) >= 11 is 0. The molecule has 0 saturated carbocycles. The smallest absolute Gasteiger partial charge is 0.126 e. The Bertz CT molecular complexity index is 812. The van der Waals surface area contributed by atoms with Crippen LogP contribution in [0.25, 0.3) is 0 Å². The van der Waals surface area contributed by atoms with Crippen LogP contribution in [0.5, 0.6) is 11.5 Å². The number of aliphatic imine (C=N–C) groups is 1. The van der Waals surface area contributed by atoms with Gasteiger partial charge in [-0.05, 0) is 58.0 Å². The van der Waals surface area contributed by atoms with E-state index in [1.54, 1.807) is 13.3 Å². The van der Waals surface area contributed by atoms with Crippen LogP contribution in [-0.4, -0.2) is 56.1 Å². The predicted molar refractivity (Wildman–Crippen MR) is 121 cm³/mol. The maximum atomic E-state index is 10.5. The Kier molecular flexibility index (Phi) is 7.53. The average Bonchev–Trinajstić information content (AvgIpc) is 3.28. The highest BCUT2D eigenvalue weighted by Gasteiger charge is 2.25. The molecule has 0 radical (unpaired) electrons. The van der Waals surface area contributed by atoms with Crippen LogP contribution in [0.2, 0.25) is 0 Å². The summed E-state index contributed by atoms with van der Waals surface area (Å²) in [6.07, 6.45) is 4.24. The molecule has 2 aromatic rings. The molecule has 1 saturated heterocycles. The van der Waals surface area contributed by atoms with Gasteiger partial charge in [-0.1, -0.05) is 18.2 Å². The molecule has 29 heavy (non-hydrogen) atoms. The molecular formula is C24H33N3O2. The van der Waals surface area contributed by atoms with Gasteiger partial charge in [-0.15, -0.1) is 0 Å². The molecule has 1 fully saturated rings. The summed E-state index contributed by atoms with van der Waals surface area (Å²) in [6.45, 7) is 8.87. The summed E-state index contributed by atoms with van der Waals surface area (Å²) in [5.41, 5.74) is 2.96. The van der Waals surface area contributed by atoms with E-state index in [0.29, 0.717) is 6.54 Å². The highest BCUT2D eigenvalue weighted by atomic mass is 16.5. The minimum absolute atomic E-state index is 0.182. The van der Waals surface area contributed by atoms with Gasteiger partial charge in [-0.25, -0.2) is 0 Å². The monoisotopic (exact) mass is 395 g/mol. The van der Waals surface area contributed by atoms with E-state index in [-0.39, 0.29) is 11.8 Å². The topological polar surface area (TPSA) is 48.3 Å². The molecule has 0 spiro atoms. The second-order valence-electron chi connectivity index (χ2n) is 7.41. The molecule has 1 heterocycles. The molecule has 5 heteroatoms. The van der Waals surface area contributed by atoms with Gasteiger partial charge >= 0.3 is 0 Å². The van der Waals surface area contributed by atoms with Crippen molar-refractivity contribution in [1.82, 2.24) is 4.90 Å². The number of hydrogen-bond acceptors (Lipinski definition) is 5. The van der Waals surface area contributed by atoms with Crippen molar-refractivity contribution in [1.29, 1.82) is 0 Å². The molecule has 0 aliphatic carbocycles. The van der Waals surface area contributed by atoms with Gasteiger partial charge in [0.2, 0.25) is 0 Å². The summed E-state index contributed by atoms with van der Waals surface area (Å²) in [4.78, 5) is 9.42. The molecule has 0 unspecified atom stereocenters. The first-order chi connectivity index (χ1) is 14.2. The number of benzene rings is 2. The van der Waals surface area contributed by atoms with Crippen LogP contribution in [0.15, 0.2) is 47.5 Å². The molecule has 0 bridgehead atoms. The van der Waals surface area contributed by atoms with Crippen molar-refractivity contribution in [2.75, 3.05) is 44.7 Å². The zero-order valence-corrected chi connectivity index (χ0v) is 17.8. The van der Waals surface area contributed by atoms with Crippen molar-refractivity contribution in [3.8, 4) is 11.5 Å². The lowest BCUT2D eigenvalue weighted by molar-refractivity contribution is 0.246. The first kappa shape index (κ1) is 21.2. The first-order valence-electron chi connectivity index (χ1n) is 10.6. The Hall–Kier alpha value is -2.53. The van der Waals surface area contributed by atoms with E-state index in [1.165, 1.54) is 18.4 Å². The minimum atomic E-state index is 0.182. The van der Waals surface area contributed by atoms with Crippen molar-refractivity contribution in [3.05, 3.63) is 53.6 Å². The first-order valence-corrected chi connectivity index (χ1v) is 10.6. The number of rotatable bonds is 9. The van der Waals surface area contributed by atoms with E-state index in [1.807, 2.05) is 30.3 Å². The Morgan fingerprint density at radius 3 is 2.52 bits per heavy atom. The molecule has 3 rings (SSSR count). The fourth-order valence-electron chi connectivity index (χ4n) is 4.08. The lowest BCUT2D eigenvalue weighted by Crippen LogP contribution is -2.28. The zero-order chi connectivity index (χ0) is 20.6. The maximum Gasteiger partial charge on any atom is 0.126 e. The lowest BCUT2D eigenvalue weighted by Gasteiger charge is -2.27. The molecule has 5 nitrogen and oxygen atoms in total. The van der Waals surface area contributed by atoms with Gasteiger partial charge in [0.05, 0.1) is 19.7 Å². The van der Waals surface area contributed by atoms with Crippen molar-refractivity contribution < 1.29 is 9.84 Å². The van der Waals surface area contributed by atoms with Crippen molar-refractivity contribution in [2.24, 2.45) is 4.99 Å². The fourth-order valence-corrected chi connectivity index (χ4v) is 4.08. The molecular weight excluding hydrogens is 362 g/mol. The van der Waals surface area contributed by atoms with Gasteiger partial charge in [0.25, 0.3) is 0 Å². The largest absolute Gasteiger partial charge is 0.507 e. The van der Waals surface area contributed by atoms with Gasteiger partial charge in [-0.3, -0.25) is 9.89 Å². The number of para-hydroxylation sites is 1. The zero-order valence-electron chi connectivity index (χ0n) is 17.8. The Labute approximate surface area is 174 Å². The number of likely N-dealkylation sites (tertiary alicyclic amines) is 1. The van der Waals surface area contributed by atoms with Crippen LogP contribution in [0.4, 0.5) is 5.69 Å². The van der Waals surface area contributed by atoms with Crippen molar-refractivity contribution in [3.63, 3.8) is 0 Å². The summed E-state index contributed by atoms with van der Waals surface area (Å²) in [5, 5.41) is 10.5. The van der Waals surface area contributed by atoms with Gasteiger partial charge in [0, 0.05) is 42.2 Å². The second kappa shape index (κ2) is 10.3. The van der Waals surface area contributed by atoms with Crippen LogP contribution in [-0.2, 0) is 0 Å². The number of hydrogen-bond donors (Lipinski definition) is 1. The van der Waals surface area contributed by atoms with Crippen LogP contribution < -0.4 is 9.64 Å². The summed E-state index contributed by atoms with van der Waals surface area (Å²) in [5.74, 6) is 1.18. The molecule has 156 valence electrons. The van der Waals surface area contributed by atoms with E-state index < -0.39 is 0 Å². The Balaban J connectivity index is 1.78. The third-order valence-electron chi connectivity index (χ3n) is 5.73. The number of phenols is 1. The predicted octanol–water partition coefficient (Wildman–Crippen LogP) is 4.50. The lowest BCUT2D eigenvalue weighted by atomic mass is 10.0. The van der Waals surface area contributed by atoms with Crippen LogP contribution >= 0.6 is 0 Å². The summed E-state index contributed by atoms with van der Waals surface area (Å²) in [7, 11) is 1.72. The van der Waals surface area contributed by atoms with Gasteiger partial charge in [0.1, 0.15) is 11.5 Å². The highest BCUT2D eigenvalue weighted by Crippen LogP contribution is 2.32. The van der Waals surface area contributed by atoms with E-state index in [0.717, 1.165) is 43.2 Å². The molecule has 1 N–H and O–H groups in total. The number of nitrogens with zero attached hydrogens (tertiary/aromatic N) is 3.